The number of nitrogens with zero attached hydrogens (tertiary/aromatic N) is 2. The Morgan fingerprint density at radius 1 is 1.50 bits per heavy atom. The Hall–Kier alpha value is -1.38. The lowest BCUT2D eigenvalue weighted by Gasteiger charge is -2.12. The lowest BCUT2D eigenvalue weighted by atomic mass is 10.2. The van der Waals surface area contributed by atoms with E-state index in [9.17, 15) is 0 Å². The molecular formula is C11H17N3. The van der Waals surface area contributed by atoms with Crippen molar-refractivity contribution >= 4 is 11.5 Å². The van der Waals surface area contributed by atoms with Crippen LogP contribution in [0.25, 0.3) is 0 Å². The first kappa shape index (κ1) is 10.7. The molecule has 0 unspecified atom stereocenters. The van der Waals surface area contributed by atoms with Gasteiger partial charge in [-0.25, -0.2) is 0 Å². The van der Waals surface area contributed by atoms with Gasteiger partial charge < -0.3 is 5.32 Å². The van der Waals surface area contributed by atoms with Crippen LogP contribution in [0.1, 0.15) is 24.6 Å². The predicted octanol–water partition coefficient (Wildman–Crippen LogP) is 2.55. The number of rotatable bonds is 2. The van der Waals surface area contributed by atoms with E-state index >= 15 is 0 Å². The van der Waals surface area contributed by atoms with Crippen molar-refractivity contribution in [3.05, 3.63) is 23.5 Å². The number of hydrogen-bond acceptors (Lipinski definition) is 2. The number of aromatic nitrogens is 1. The van der Waals surface area contributed by atoms with Crippen molar-refractivity contribution in [1.82, 2.24) is 4.98 Å². The molecule has 0 radical (unpaired) electrons. The fourth-order valence-corrected chi connectivity index (χ4v) is 1.33. The van der Waals surface area contributed by atoms with Crippen LogP contribution in [-0.2, 0) is 0 Å². The minimum atomic E-state index is 0.907. The molecule has 0 spiro atoms. The molecule has 0 aliphatic carbocycles. The SMILES string of the molecule is CCC(=NC)Nc1c(C)ccnc1C. The molecular weight excluding hydrogens is 174 g/mol. The van der Waals surface area contributed by atoms with Crippen molar-refractivity contribution < 1.29 is 0 Å². The summed E-state index contributed by atoms with van der Waals surface area (Å²) in [7, 11) is 1.80. The highest BCUT2D eigenvalue weighted by Gasteiger charge is 2.04. The van der Waals surface area contributed by atoms with Crippen molar-refractivity contribution in [2.24, 2.45) is 4.99 Å². The highest BCUT2D eigenvalue weighted by molar-refractivity contribution is 5.96. The standard InChI is InChI=1S/C11H17N3/c1-5-10(12-4)14-11-8(2)6-7-13-9(11)3/h6-7H,5H2,1-4H3,(H,12,14). The molecule has 76 valence electrons. The molecule has 0 saturated carbocycles. The van der Waals surface area contributed by atoms with E-state index in [0.29, 0.717) is 0 Å². The van der Waals surface area contributed by atoms with Crippen LogP contribution in [0.2, 0.25) is 0 Å². The molecule has 0 aliphatic heterocycles. The van der Waals surface area contributed by atoms with Crippen LogP contribution >= 0.6 is 0 Å². The minimum Gasteiger partial charge on any atom is -0.342 e. The van der Waals surface area contributed by atoms with Crippen molar-refractivity contribution in [3.8, 4) is 0 Å². The quantitative estimate of drug-likeness (QED) is 0.576. The Kier molecular flexibility index (Phi) is 3.63. The molecule has 1 aromatic rings. The monoisotopic (exact) mass is 191 g/mol. The number of pyridine rings is 1. The van der Waals surface area contributed by atoms with Gasteiger partial charge in [0.15, 0.2) is 0 Å². The molecule has 3 nitrogen and oxygen atoms in total. The van der Waals surface area contributed by atoms with E-state index in [0.717, 1.165) is 23.6 Å². The van der Waals surface area contributed by atoms with Gasteiger partial charge in [0.2, 0.25) is 0 Å². The average Bonchev–Trinajstić information content (AvgIpc) is 2.18. The van der Waals surface area contributed by atoms with Gasteiger partial charge in [-0.1, -0.05) is 6.92 Å². The van der Waals surface area contributed by atoms with Gasteiger partial charge in [0, 0.05) is 19.7 Å². The summed E-state index contributed by atoms with van der Waals surface area (Å²) in [6, 6.07) is 2.00. The average molecular weight is 191 g/mol. The zero-order valence-electron chi connectivity index (χ0n) is 9.26. The fraction of sp³-hybridized carbons (Fsp3) is 0.455. The van der Waals surface area contributed by atoms with E-state index in [1.54, 1.807) is 7.05 Å². The highest BCUT2D eigenvalue weighted by atomic mass is 15.0. The Morgan fingerprint density at radius 3 is 2.71 bits per heavy atom. The van der Waals surface area contributed by atoms with Gasteiger partial charge in [0.25, 0.3) is 0 Å². The summed E-state index contributed by atoms with van der Waals surface area (Å²) in [5.41, 5.74) is 3.29. The molecule has 0 aromatic carbocycles. The van der Waals surface area contributed by atoms with E-state index < -0.39 is 0 Å². The summed E-state index contributed by atoms with van der Waals surface area (Å²) < 4.78 is 0. The van der Waals surface area contributed by atoms with Crippen LogP contribution in [-0.4, -0.2) is 17.9 Å². The van der Waals surface area contributed by atoms with Crippen LogP contribution in [0, 0.1) is 13.8 Å². The second kappa shape index (κ2) is 4.74. The van der Waals surface area contributed by atoms with Gasteiger partial charge in [-0.15, -0.1) is 0 Å². The predicted molar refractivity (Wildman–Crippen MR) is 61.0 cm³/mol. The maximum absolute atomic E-state index is 4.24. The highest BCUT2D eigenvalue weighted by Crippen LogP contribution is 2.17. The molecule has 0 fully saturated rings. The molecule has 0 bridgehead atoms. The summed E-state index contributed by atoms with van der Waals surface area (Å²) in [6.45, 7) is 6.15. The number of nitrogens with one attached hydrogen (secondary N) is 1. The van der Waals surface area contributed by atoms with Gasteiger partial charge >= 0.3 is 0 Å². The van der Waals surface area contributed by atoms with Gasteiger partial charge in [-0.05, 0) is 25.5 Å². The molecule has 0 saturated heterocycles. The number of aliphatic imine (C=N–C) groups is 1. The van der Waals surface area contributed by atoms with Crippen molar-refractivity contribution in [1.29, 1.82) is 0 Å². The minimum absolute atomic E-state index is 0.907. The van der Waals surface area contributed by atoms with Gasteiger partial charge in [0.05, 0.1) is 11.4 Å². The molecule has 1 N–H and O–H groups in total. The maximum Gasteiger partial charge on any atom is 0.100 e. The third-order valence-electron chi connectivity index (χ3n) is 2.22. The van der Waals surface area contributed by atoms with Crippen LogP contribution < -0.4 is 5.32 Å². The number of hydrogen-bond donors (Lipinski definition) is 1. The first-order valence-electron chi connectivity index (χ1n) is 4.84. The second-order valence-electron chi connectivity index (χ2n) is 3.24. The molecule has 14 heavy (non-hydrogen) atoms. The molecule has 1 rings (SSSR count). The molecule has 0 amide bonds. The van der Waals surface area contributed by atoms with Crippen molar-refractivity contribution in [2.75, 3.05) is 12.4 Å². The topological polar surface area (TPSA) is 37.3 Å². The van der Waals surface area contributed by atoms with Crippen LogP contribution in [0.15, 0.2) is 17.3 Å². The van der Waals surface area contributed by atoms with E-state index in [1.807, 2.05) is 19.2 Å². The number of aryl methyl sites for hydroxylation is 2. The van der Waals surface area contributed by atoms with Crippen LogP contribution in [0.3, 0.4) is 0 Å². The largest absolute Gasteiger partial charge is 0.342 e. The van der Waals surface area contributed by atoms with Crippen LogP contribution in [0.5, 0.6) is 0 Å². The first-order chi connectivity index (χ1) is 6.69. The molecule has 0 atom stereocenters. The van der Waals surface area contributed by atoms with E-state index in [2.05, 4.69) is 29.1 Å². The fourth-order valence-electron chi connectivity index (χ4n) is 1.33. The second-order valence-corrected chi connectivity index (χ2v) is 3.24. The van der Waals surface area contributed by atoms with E-state index in [4.69, 9.17) is 0 Å². The first-order valence-corrected chi connectivity index (χ1v) is 4.84. The summed E-state index contributed by atoms with van der Waals surface area (Å²) in [6.07, 6.45) is 2.73. The van der Waals surface area contributed by atoms with Crippen LogP contribution in [0.4, 0.5) is 5.69 Å². The van der Waals surface area contributed by atoms with Gasteiger partial charge in [0.1, 0.15) is 5.84 Å². The Morgan fingerprint density at radius 2 is 2.21 bits per heavy atom. The summed E-state index contributed by atoms with van der Waals surface area (Å²) in [5, 5.41) is 3.30. The molecule has 1 aromatic heterocycles. The third-order valence-corrected chi connectivity index (χ3v) is 2.22. The summed E-state index contributed by atoms with van der Waals surface area (Å²) in [4.78, 5) is 8.41. The third kappa shape index (κ3) is 2.31. The summed E-state index contributed by atoms with van der Waals surface area (Å²) >= 11 is 0. The van der Waals surface area contributed by atoms with Crippen molar-refractivity contribution in [3.63, 3.8) is 0 Å². The summed E-state index contributed by atoms with van der Waals surface area (Å²) in [5.74, 6) is 0.990. The normalized spacial score (nSPS) is 11.6. The zero-order chi connectivity index (χ0) is 10.6. The smallest absolute Gasteiger partial charge is 0.100 e. The maximum atomic E-state index is 4.24. The molecule has 3 heteroatoms. The lowest BCUT2D eigenvalue weighted by Crippen LogP contribution is -2.12. The van der Waals surface area contributed by atoms with E-state index in [-0.39, 0.29) is 0 Å². The number of anilines is 1. The van der Waals surface area contributed by atoms with Crippen molar-refractivity contribution in [2.45, 2.75) is 27.2 Å². The molecule has 0 aliphatic rings. The zero-order valence-corrected chi connectivity index (χ0v) is 9.26. The Bertz CT molecular complexity index is 322. The molecule has 1 heterocycles. The Balaban J connectivity index is 2.96. The lowest BCUT2D eigenvalue weighted by molar-refractivity contribution is 1.16. The van der Waals surface area contributed by atoms with E-state index in [1.165, 1.54) is 5.56 Å². The van der Waals surface area contributed by atoms with Gasteiger partial charge in [-0.2, -0.15) is 0 Å². The Labute approximate surface area is 85.3 Å². The number of amidine groups is 1. The van der Waals surface area contributed by atoms with Gasteiger partial charge in [-0.3, -0.25) is 9.98 Å².